The first-order chi connectivity index (χ1) is 67.4. The van der Waals surface area contributed by atoms with Gasteiger partial charge in [0.05, 0.1) is 58.2 Å². The van der Waals surface area contributed by atoms with Crippen molar-refractivity contribution >= 4 is 176 Å². The van der Waals surface area contributed by atoms with Crippen LogP contribution in [0.4, 0.5) is 9.59 Å². The number of methoxy groups -OCH3 is 2. The fourth-order valence-corrected chi connectivity index (χ4v) is 24.7. The number of likely N-dealkylation sites (tertiary alicyclic amines) is 2. The number of halogens is 2. The van der Waals surface area contributed by atoms with Gasteiger partial charge in [-0.1, -0.05) is 151 Å². The molecule has 6 aromatic carbocycles. The molecule has 28 heteroatoms. The number of rotatable bonds is 19. The number of fused-ring (bicyclic) bond motifs is 14. The molecule has 5 aromatic heterocycles. The maximum Gasteiger partial charge on any atom is 0.407 e. The van der Waals surface area contributed by atoms with Crippen LogP contribution in [0.15, 0.2) is 169 Å². The number of nitrogens with zero attached hydrogens (tertiary/aromatic N) is 4. The van der Waals surface area contributed by atoms with Gasteiger partial charge >= 0.3 is 12.2 Å². The second kappa shape index (κ2) is 49.3. The first-order valence-corrected chi connectivity index (χ1v) is 52.8. The minimum Gasteiger partial charge on any atom is -0.453 e. The Morgan fingerprint density at radius 1 is 0.504 bits per heavy atom. The highest BCUT2D eigenvalue weighted by Gasteiger charge is 2.41. The molecule has 6 atom stereocenters. The summed E-state index contributed by atoms with van der Waals surface area (Å²) in [5.41, 5.74) is 25.6. The standard InChI is InChI=1S/C41H51N7O6S.C18H18O2S.C16H14O2S.C14H12OS.C11H11ClO.C10H10O.C3H6OS.HI/c1-22(2)34(45-40(51)53-5)38(49)47-15-7-9-31(47)29-18-27(20-42-29)33-19-26-12-11-24-17-25(13-14-28(24)36(26)55-33)30-21-43-37(44-30)32-10-8-16-48(32)39(50)35(23(3)4)46-41(52)54-6;1-3-15(19)12-7-8-14-11(9-12)5-6-13-10-17(16(20)4-2)21-18(13)14;1-9(17)11-5-6-14-12(7-11)3-4-13-8-15(10(2)18)19-16(13)14;1-9(15)13-8-11-7-6-10-4-2-3-5-12(10)14(11)16-13;12-11-9(7-13)6-5-8-3-1-2-4-10(8)11;11-10-7-3-5-8-4-1-2-6-9(8)10;1-3(4)2-5;/h13-14,17,19-23,31-32,34-35H,7-12,15-16,18H2,1-6H3,(H,43,44)(H,45,51)(H,46,52);7-10H,3-6H2,1-2H3;5-8H,3-4H2,1-2H3;2-5,8H,6-7H2,1H3;1-4,7,9,11H,5-6H2;1-2,4,6H,3,5,7H2;5H,2H2,1H3;1H/t31-,32-,34?,35+;;;;;;;/m0......./s1. The number of H-pyrrole nitrogens is 1. The van der Waals surface area contributed by atoms with E-state index in [9.17, 15) is 57.5 Å². The minimum atomic E-state index is -0.681. The number of hydrogen-bond donors (Lipinski definition) is 4. The normalized spacial score (nSPS) is 16.9. The summed E-state index contributed by atoms with van der Waals surface area (Å²) in [6, 6.07) is 49.8. The highest BCUT2D eigenvalue weighted by atomic mass is 127. The van der Waals surface area contributed by atoms with E-state index in [0.717, 1.165) is 175 Å². The van der Waals surface area contributed by atoms with Gasteiger partial charge in [-0.15, -0.1) is 80.9 Å². The van der Waals surface area contributed by atoms with Crippen molar-refractivity contribution in [2.45, 2.75) is 227 Å². The van der Waals surface area contributed by atoms with E-state index in [0.29, 0.717) is 43.9 Å². The molecule has 0 radical (unpaired) electrons. The monoisotopic (exact) mass is 2120 g/mol. The average molecular weight is 2130 g/mol. The summed E-state index contributed by atoms with van der Waals surface area (Å²) in [6.07, 6.45) is 21.3. The lowest BCUT2D eigenvalue weighted by Crippen LogP contribution is -2.53. The summed E-state index contributed by atoms with van der Waals surface area (Å²) in [4.78, 5) is 167. The molecule has 141 heavy (non-hydrogen) atoms. The average Bonchev–Trinajstić information content (AvgIpc) is 1.63. The van der Waals surface area contributed by atoms with Gasteiger partial charge in [0.15, 0.2) is 34.7 Å². The van der Waals surface area contributed by atoms with Crippen molar-refractivity contribution in [1.29, 1.82) is 0 Å². The molecular formula is C113H123ClIN7O14S5. The smallest absolute Gasteiger partial charge is 0.407 e. The minimum absolute atomic E-state index is 0. The lowest BCUT2D eigenvalue weighted by molar-refractivity contribution is -0.135. The number of aromatic amines is 1. The number of aryl methyl sites for hydroxylation is 10. The number of aldehydes is 1. The van der Waals surface area contributed by atoms with Crippen LogP contribution in [-0.4, -0.2) is 147 Å². The number of carbonyl (C=O) groups excluding carboxylic acids is 12. The van der Waals surface area contributed by atoms with Crippen molar-refractivity contribution in [3.05, 3.63) is 267 Å². The summed E-state index contributed by atoms with van der Waals surface area (Å²) < 4.78 is 9.56. The molecule has 2 saturated heterocycles. The third-order valence-corrected chi connectivity index (χ3v) is 33.3. The lowest BCUT2D eigenvalue weighted by Gasteiger charge is -2.31. The molecule has 738 valence electrons. The fourth-order valence-electron chi connectivity index (χ4n) is 19.4. The fraction of sp³-hybridized carbons (Fsp3) is 0.381. The van der Waals surface area contributed by atoms with E-state index in [4.69, 9.17) is 31.1 Å². The zero-order valence-electron chi connectivity index (χ0n) is 81.9. The van der Waals surface area contributed by atoms with Gasteiger partial charge in [0.25, 0.3) is 0 Å². The Labute approximate surface area is 869 Å². The summed E-state index contributed by atoms with van der Waals surface area (Å²) in [5.74, 6) is 1.95. The van der Waals surface area contributed by atoms with Crippen molar-refractivity contribution in [3.8, 4) is 53.0 Å². The number of aliphatic imine (C=N–C) groups is 1. The van der Waals surface area contributed by atoms with Crippen molar-refractivity contribution < 1.29 is 67.0 Å². The molecule has 9 aliphatic rings. The third kappa shape index (κ3) is 25.4. The number of alkyl carbamates (subject to hydrolysis) is 2. The van der Waals surface area contributed by atoms with Crippen molar-refractivity contribution in [2.24, 2.45) is 22.7 Å². The lowest BCUT2D eigenvalue weighted by atomic mass is 9.84. The molecule has 3 aliphatic heterocycles. The topological polar surface area (TPSA) is 295 Å². The van der Waals surface area contributed by atoms with Crippen LogP contribution in [-0.2, 0) is 92.9 Å². The van der Waals surface area contributed by atoms with Gasteiger partial charge in [0.2, 0.25) is 11.8 Å². The zero-order valence-corrected chi connectivity index (χ0v) is 89.2. The molecule has 3 N–H and O–H groups in total. The van der Waals surface area contributed by atoms with Gasteiger partial charge in [-0.2, -0.15) is 12.6 Å². The Morgan fingerprint density at radius 2 is 0.965 bits per heavy atom. The maximum atomic E-state index is 13.7. The third-order valence-electron chi connectivity index (χ3n) is 27.1. The van der Waals surface area contributed by atoms with E-state index in [-0.39, 0.29) is 106 Å². The number of allylic oxidation sites excluding steroid dienone is 1. The molecule has 0 spiro atoms. The molecule has 21 nitrogen and oxygen atoms in total. The number of ether oxygens (including phenoxy) is 2. The maximum absolute atomic E-state index is 13.7. The summed E-state index contributed by atoms with van der Waals surface area (Å²) in [5, 5.41) is 5.32. The van der Waals surface area contributed by atoms with E-state index in [1.807, 2.05) is 149 Å². The van der Waals surface area contributed by atoms with Gasteiger partial charge < -0.3 is 39.7 Å². The predicted octanol–water partition coefficient (Wildman–Crippen LogP) is 24.9. The Morgan fingerprint density at radius 3 is 1.50 bits per heavy atom. The molecule has 8 heterocycles. The van der Waals surface area contributed by atoms with Crippen LogP contribution in [0, 0.1) is 17.8 Å². The number of nitrogens with one attached hydrogen (secondary N) is 3. The SMILES string of the molecule is CC(=O)CS.CC(=O)c1cc2c(s1)-c1ccccc1CC2.CC(=O)c1ccc2c(c1)CCc1cc(C(C)=O)sc1-2.CCC(=O)c1ccc2c(c1)CCc1cc(C(=O)CC)sc1-2.COC(=O)NC(C(=O)N1CCC[C@H]1C1=NC=C(c2cc3c(s2)-c2ccc(-c4cnc([C@@H]5CCCN5C(=O)[C@H](NC(=O)OC)C(C)C)[nH]4)cc2CC3)C1)C(C)C.I.O=C1CCCc2ccccc21.O=CC1CCc2ccccc2C1Cl. The number of imidazole rings is 1. The summed E-state index contributed by atoms with van der Waals surface area (Å²) >= 11 is 16.5. The molecule has 6 aliphatic carbocycles. The van der Waals surface area contributed by atoms with E-state index >= 15 is 0 Å². The molecular weight excluding hydrogens is 2000 g/mol. The number of ketones is 7. The van der Waals surface area contributed by atoms with Crippen LogP contribution in [0.5, 0.6) is 0 Å². The Hall–Kier alpha value is -11.1. The number of amides is 4. The number of thiol groups is 1. The van der Waals surface area contributed by atoms with Crippen LogP contribution in [0.2, 0.25) is 0 Å². The highest BCUT2D eigenvalue weighted by Crippen LogP contribution is 2.48. The molecule has 4 amide bonds. The number of alkyl halides is 1. The van der Waals surface area contributed by atoms with Crippen LogP contribution >= 0.6 is 93.6 Å². The molecule has 11 aromatic rings. The van der Waals surface area contributed by atoms with E-state index in [1.165, 1.54) is 129 Å². The van der Waals surface area contributed by atoms with Crippen molar-refractivity contribution in [2.75, 3.05) is 33.1 Å². The summed E-state index contributed by atoms with van der Waals surface area (Å²) in [6.45, 7) is 19.1. The number of thiophene rings is 4. The van der Waals surface area contributed by atoms with E-state index < -0.39 is 24.3 Å². The Bertz CT molecular complexity index is 6610. The number of benzene rings is 6. The van der Waals surface area contributed by atoms with Gasteiger partial charge in [-0.25, -0.2) is 14.6 Å². The predicted molar refractivity (Wildman–Crippen MR) is 579 cm³/mol. The van der Waals surface area contributed by atoms with Crippen LogP contribution in [0.3, 0.4) is 0 Å². The number of carbonyl (C=O) groups is 12. The quantitative estimate of drug-likeness (QED) is 0.0192. The first-order valence-electron chi connectivity index (χ1n) is 48.5. The summed E-state index contributed by atoms with van der Waals surface area (Å²) in [7, 11) is 2.60. The molecule has 0 bridgehead atoms. The Balaban J connectivity index is 0.000000158. The number of Topliss-reactive ketones (excluding diaryl/α,β-unsaturated/α-hetero) is 7. The van der Waals surface area contributed by atoms with Crippen LogP contribution < -0.4 is 10.6 Å². The van der Waals surface area contributed by atoms with Gasteiger partial charge in [0, 0.05) is 103 Å². The first kappa shape index (κ1) is 107. The van der Waals surface area contributed by atoms with Crippen molar-refractivity contribution in [3.63, 3.8) is 0 Å². The van der Waals surface area contributed by atoms with Crippen LogP contribution in [0.1, 0.15) is 277 Å². The number of hydrogen-bond acceptors (Lipinski definition) is 21. The molecule has 3 unspecified atom stereocenters. The second-order valence-corrected chi connectivity index (χ2v) is 42.3. The molecule has 0 saturated carbocycles. The Kier molecular flexibility index (Phi) is 37.5. The van der Waals surface area contributed by atoms with E-state index in [1.54, 1.807) is 66.1 Å². The van der Waals surface area contributed by atoms with Crippen LogP contribution in [0.25, 0.3) is 58.6 Å². The number of aromatic nitrogens is 2. The van der Waals surface area contributed by atoms with Gasteiger partial charge in [0.1, 0.15) is 30.0 Å². The van der Waals surface area contributed by atoms with Gasteiger partial charge in [-0.3, -0.25) is 48.1 Å². The molecule has 2 fully saturated rings. The van der Waals surface area contributed by atoms with E-state index in [2.05, 4.69) is 95.0 Å². The largest absolute Gasteiger partial charge is 0.453 e. The zero-order chi connectivity index (χ0) is 99.9. The van der Waals surface area contributed by atoms with Gasteiger partial charge in [-0.05, 0) is 279 Å². The van der Waals surface area contributed by atoms with Crippen molar-refractivity contribution in [1.82, 2.24) is 30.4 Å². The molecule has 20 rings (SSSR count). The second-order valence-electron chi connectivity index (χ2n) is 37.3. The highest BCUT2D eigenvalue weighted by molar-refractivity contribution is 14.0.